The lowest BCUT2D eigenvalue weighted by Crippen LogP contribution is -2.19. The number of nitrogens with one attached hydrogen (secondary N) is 2. The zero-order valence-electron chi connectivity index (χ0n) is 12.4. The van der Waals surface area contributed by atoms with Crippen molar-refractivity contribution in [2.45, 2.75) is 32.7 Å². The highest BCUT2D eigenvalue weighted by Crippen LogP contribution is 2.26. The molecule has 0 saturated carbocycles. The lowest BCUT2D eigenvalue weighted by Gasteiger charge is -2.16. The molecule has 2 aromatic carbocycles. The van der Waals surface area contributed by atoms with E-state index in [0.29, 0.717) is 6.04 Å². The van der Waals surface area contributed by atoms with Crippen molar-refractivity contribution in [3.05, 3.63) is 59.2 Å². The fourth-order valence-electron chi connectivity index (χ4n) is 2.93. The molecule has 3 nitrogen and oxygen atoms in total. The molecule has 0 radical (unpaired) electrons. The summed E-state index contributed by atoms with van der Waals surface area (Å²) < 4.78 is 0. The minimum Gasteiger partial charge on any atom is -0.382 e. The van der Waals surface area contributed by atoms with Crippen LogP contribution in [0.1, 0.15) is 23.6 Å². The Bertz CT molecular complexity index is 654. The van der Waals surface area contributed by atoms with Gasteiger partial charge in [0.15, 0.2) is 0 Å². The Labute approximate surface area is 125 Å². The predicted octanol–water partition coefficient (Wildman–Crippen LogP) is 3.53. The predicted molar refractivity (Wildman–Crippen MR) is 86.7 cm³/mol. The van der Waals surface area contributed by atoms with E-state index < -0.39 is 0 Å². The van der Waals surface area contributed by atoms with Crippen molar-refractivity contribution >= 4 is 17.3 Å². The van der Waals surface area contributed by atoms with Gasteiger partial charge in [-0.1, -0.05) is 30.3 Å². The summed E-state index contributed by atoms with van der Waals surface area (Å²) in [5.41, 5.74) is 5.88. The number of carbonyl (C=O) groups excluding carboxylic acids is 1. The standard InChI is InChI=1S/C18H20N2O/c1-12-7-8-16(11-18(12)19-13(2)21)20-17-9-14-5-3-4-6-15(14)10-17/h3-8,11,17,20H,9-10H2,1-2H3,(H,19,21). The first kappa shape index (κ1) is 13.7. The third-order valence-corrected chi connectivity index (χ3v) is 3.97. The van der Waals surface area contributed by atoms with Crippen LogP contribution in [-0.4, -0.2) is 11.9 Å². The van der Waals surface area contributed by atoms with E-state index in [4.69, 9.17) is 0 Å². The van der Waals surface area contributed by atoms with Gasteiger partial charge in [0.1, 0.15) is 0 Å². The van der Waals surface area contributed by atoms with Crippen molar-refractivity contribution in [2.75, 3.05) is 10.6 Å². The van der Waals surface area contributed by atoms with E-state index in [-0.39, 0.29) is 5.91 Å². The number of fused-ring (bicyclic) bond motifs is 1. The van der Waals surface area contributed by atoms with Crippen molar-refractivity contribution in [2.24, 2.45) is 0 Å². The lowest BCUT2D eigenvalue weighted by atomic mass is 10.1. The summed E-state index contributed by atoms with van der Waals surface area (Å²) >= 11 is 0. The van der Waals surface area contributed by atoms with Crippen LogP contribution in [0.25, 0.3) is 0 Å². The number of aryl methyl sites for hydroxylation is 1. The molecule has 0 aliphatic heterocycles. The molecule has 0 atom stereocenters. The molecule has 3 heteroatoms. The van der Waals surface area contributed by atoms with Crippen LogP contribution in [0.3, 0.4) is 0 Å². The SMILES string of the molecule is CC(=O)Nc1cc(NC2Cc3ccccc3C2)ccc1C. The minimum absolute atomic E-state index is 0.0384. The highest BCUT2D eigenvalue weighted by molar-refractivity contribution is 5.90. The molecule has 3 rings (SSSR count). The van der Waals surface area contributed by atoms with Crippen LogP contribution >= 0.6 is 0 Å². The summed E-state index contributed by atoms with van der Waals surface area (Å²) in [5, 5.41) is 6.45. The van der Waals surface area contributed by atoms with Crippen LogP contribution in [0, 0.1) is 6.92 Å². The maximum Gasteiger partial charge on any atom is 0.221 e. The summed E-state index contributed by atoms with van der Waals surface area (Å²) in [6.45, 7) is 3.54. The molecule has 2 aromatic rings. The number of hydrogen-bond acceptors (Lipinski definition) is 2. The average Bonchev–Trinajstić information content (AvgIpc) is 2.84. The van der Waals surface area contributed by atoms with Gasteiger partial charge >= 0.3 is 0 Å². The monoisotopic (exact) mass is 280 g/mol. The summed E-state index contributed by atoms with van der Waals surface area (Å²) in [6.07, 6.45) is 2.11. The molecule has 0 spiro atoms. The maximum atomic E-state index is 11.2. The first-order valence-corrected chi connectivity index (χ1v) is 7.33. The molecule has 0 unspecified atom stereocenters. The van der Waals surface area contributed by atoms with Crippen LogP contribution in [0.4, 0.5) is 11.4 Å². The highest BCUT2D eigenvalue weighted by Gasteiger charge is 2.20. The lowest BCUT2D eigenvalue weighted by molar-refractivity contribution is -0.114. The molecule has 1 aliphatic rings. The second kappa shape index (κ2) is 5.60. The smallest absolute Gasteiger partial charge is 0.221 e. The third kappa shape index (κ3) is 3.07. The summed E-state index contributed by atoms with van der Waals surface area (Å²) in [5.74, 6) is -0.0384. The topological polar surface area (TPSA) is 41.1 Å². The van der Waals surface area contributed by atoms with Gasteiger partial charge in [-0.3, -0.25) is 4.79 Å². The quantitative estimate of drug-likeness (QED) is 0.903. The van der Waals surface area contributed by atoms with Crippen molar-refractivity contribution < 1.29 is 4.79 Å². The molecule has 2 N–H and O–H groups in total. The largest absolute Gasteiger partial charge is 0.382 e. The summed E-state index contributed by atoms with van der Waals surface area (Å²) in [7, 11) is 0. The van der Waals surface area contributed by atoms with Gasteiger partial charge in [0.2, 0.25) is 5.91 Å². The maximum absolute atomic E-state index is 11.2. The molecule has 21 heavy (non-hydrogen) atoms. The van der Waals surface area contributed by atoms with Gasteiger partial charge in [-0.05, 0) is 48.6 Å². The second-order valence-electron chi connectivity index (χ2n) is 5.73. The van der Waals surface area contributed by atoms with Gasteiger partial charge in [-0.15, -0.1) is 0 Å². The number of carbonyl (C=O) groups is 1. The average molecular weight is 280 g/mol. The van der Waals surface area contributed by atoms with Gasteiger partial charge in [-0.2, -0.15) is 0 Å². The molecular weight excluding hydrogens is 260 g/mol. The minimum atomic E-state index is -0.0384. The Balaban J connectivity index is 1.73. The van der Waals surface area contributed by atoms with Crippen LogP contribution in [-0.2, 0) is 17.6 Å². The number of rotatable bonds is 3. The Morgan fingerprint density at radius 1 is 1.10 bits per heavy atom. The van der Waals surface area contributed by atoms with Crippen LogP contribution in [0.15, 0.2) is 42.5 Å². The molecule has 1 aliphatic carbocycles. The fraction of sp³-hybridized carbons (Fsp3) is 0.278. The number of anilines is 2. The zero-order valence-corrected chi connectivity index (χ0v) is 12.4. The van der Waals surface area contributed by atoms with Crippen LogP contribution in [0.5, 0.6) is 0 Å². The highest BCUT2D eigenvalue weighted by atomic mass is 16.1. The zero-order chi connectivity index (χ0) is 14.8. The molecule has 0 aromatic heterocycles. The molecule has 1 amide bonds. The van der Waals surface area contributed by atoms with E-state index in [1.165, 1.54) is 18.1 Å². The Morgan fingerprint density at radius 2 is 1.76 bits per heavy atom. The second-order valence-corrected chi connectivity index (χ2v) is 5.73. The van der Waals surface area contributed by atoms with Crippen molar-refractivity contribution in [1.82, 2.24) is 0 Å². The van der Waals surface area contributed by atoms with E-state index in [0.717, 1.165) is 29.8 Å². The summed E-state index contributed by atoms with van der Waals surface area (Å²) in [4.78, 5) is 11.2. The van der Waals surface area contributed by atoms with Crippen molar-refractivity contribution in [1.29, 1.82) is 0 Å². The molecule has 0 fully saturated rings. The number of amides is 1. The van der Waals surface area contributed by atoms with E-state index in [2.05, 4.69) is 41.0 Å². The van der Waals surface area contributed by atoms with E-state index >= 15 is 0 Å². The van der Waals surface area contributed by atoms with Gasteiger partial charge in [0.05, 0.1) is 0 Å². The van der Waals surface area contributed by atoms with Gasteiger partial charge < -0.3 is 10.6 Å². The van der Waals surface area contributed by atoms with E-state index in [1.807, 2.05) is 19.1 Å². The molecule has 0 saturated heterocycles. The third-order valence-electron chi connectivity index (χ3n) is 3.97. The summed E-state index contributed by atoms with van der Waals surface area (Å²) in [6, 6.07) is 15.2. The first-order chi connectivity index (χ1) is 10.1. The van der Waals surface area contributed by atoms with Gasteiger partial charge in [0, 0.05) is 24.3 Å². The van der Waals surface area contributed by atoms with Gasteiger partial charge in [0.25, 0.3) is 0 Å². The molecule has 0 heterocycles. The normalized spacial score (nSPS) is 13.8. The number of hydrogen-bond donors (Lipinski definition) is 2. The van der Waals surface area contributed by atoms with Gasteiger partial charge in [-0.25, -0.2) is 0 Å². The van der Waals surface area contributed by atoms with E-state index in [9.17, 15) is 4.79 Å². The first-order valence-electron chi connectivity index (χ1n) is 7.33. The fourth-order valence-corrected chi connectivity index (χ4v) is 2.93. The molecule has 0 bridgehead atoms. The van der Waals surface area contributed by atoms with Crippen LogP contribution in [0.2, 0.25) is 0 Å². The van der Waals surface area contributed by atoms with E-state index in [1.54, 1.807) is 0 Å². The Kier molecular flexibility index (Phi) is 3.65. The Hall–Kier alpha value is -2.29. The molecular formula is C18H20N2O. The van der Waals surface area contributed by atoms with Crippen molar-refractivity contribution in [3.63, 3.8) is 0 Å². The van der Waals surface area contributed by atoms with Crippen molar-refractivity contribution in [3.8, 4) is 0 Å². The molecule has 108 valence electrons. The number of benzene rings is 2. The van der Waals surface area contributed by atoms with Crippen LogP contribution < -0.4 is 10.6 Å². The Morgan fingerprint density at radius 3 is 2.38 bits per heavy atom.